The number of carbonyl (C=O) groups excluding carboxylic acids is 2. The van der Waals surface area contributed by atoms with E-state index in [0.29, 0.717) is 23.6 Å². The zero-order valence-electron chi connectivity index (χ0n) is 17.2. The van der Waals surface area contributed by atoms with Gasteiger partial charge in [0, 0.05) is 17.7 Å². The maximum Gasteiger partial charge on any atom is 0.306 e. The second kappa shape index (κ2) is 9.73. The van der Waals surface area contributed by atoms with Gasteiger partial charge in [0.05, 0.1) is 5.69 Å². The fourth-order valence-electron chi connectivity index (χ4n) is 2.87. The topological polar surface area (TPSA) is 90.7 Å². The van der Waals surface area contributed by atoms with Gasteiger partial charge in [0.25, 0.3) is 5.91 Å². The molecule has 0 aliphatic heterocycles. The summed E-state index contributed by atoms with van der Waals surface area (Å²) in [5, 5.41) is 6.59. The lowest BCUT2D eigenvalue weighted by molar-refractivity contribution is -0.153. The van der Waals surface area contributed by atoms with Gasteiger partial charge in [-0.05, 0) is 63.6 Å². The molecular formula is C23H24N2O5. The van der Waals surface area contributed by atoms with Crippen LogP contribution in [0.2, 0.25) is 0 Å². The summed E-state index contributed by atoms with van der Waals surface area (Å²) in [7, 11) is 0. The van der Waals surface area contributed by atoms with Crippen molar-refractivity contribution < 1.29 is 23.6 Å². The van der Waals surface area contributed by atoms with Gasteiger partial charge in [-0.15, -0.1) is 0 Å². The van der Waals surface area contributed by atoms with E-state index in [1.807, 2.05) is 37.3 Å². The number of carbonyl (C=O) groups is 2. The number of ether oxygens (including phenoxy) is 2. The molecule has 3 rings (SSSR count). The number of amides is 1. The number of hydrogen-bond donors (Lipinski definition) is 1. The molecule has 0 aliphatic carbocycles. The minimum Gasteiger partial charge on any atom is -0.457 e. The Morgan fingerprint density at radius 1 is 1.03 bits per heavy atom. The van der Waals surface area contributed by atoms with Crippen LogP contribution in [-0.4, -0.2) is 23.1 Å². The highest BCUT2D eigenvalue weighted by Gasteiger charge is 2.19. The number of rotatable bonds is 8. The van der Waals surface area contributed by atoms with Gasteiger partial charge in [-0.3, -0.25) is 9.59 Å². The number of benzene rings is 2. The Balaban J connectivity index is 1.47. The second-order valence-electron chi connectivity index (χ2n) is 6.86. The van der Waals surface area contributed by atoms with Gasteiger partial charge in [0.15, 0.2) is 6.10 Å². The molecule has 0 unspecified atom stereocenters. The molecule has 0 spiro atoms. The monoisotopic (exact) mass is 408 g/mol. The van der Waals surface area contributed by atoms with E-state index in [1.165, 1.54) is 6.92 Å². The van der Waals surface area contributed by atoms with Crippen LogP contribution in [0.15, 0.2) is 59.1 Å². The van der Waals surface area contributed by atoms with Crippen LogP contribution in [0.4, 0.5) is 5.69 Å². The van der Waals surface area contributed by atoms with E-state index in [0.717, 1.165) is 17.0 Å². The molecule has 7 nitrogen and oxygen atoms in total. The Hall–Kier alpha value is -3.61. The third-order valence-corrected chi connectivity index (χ3v) is 4.54. The van der Waals surface area contributed by atoms with Crippen LogP contribution in [0.5, 0.6) is 11.5 Å². The van der Waals surface area contributed by atoms with Crippen LogP contribution in [0.1, 0.15) is 30.4 Å². The zero-order chi connectivity index (χ0) is 21.5. The fraction of sp³-hybridized carbons (Fsp3) is 0.261. The van der Waals surface area contributed by atoms with Gasteiger partial charge in [-0.2, -0.15) is 0 Å². The number of aryl methyl sites for hydroxylation is 2. The molecular weight excluding hydrogens is 384 g/mol. The van der Waals surface area contributed by atoms with Gasteiger partial charge in [-0.25, -0.2) is 0 Å². The first-order valence-electron chi connectivity index (χ1n) is 9.67. The molecule has 1 aromatic heterocycles. The van der Waals surface area contributed by atoms with E-state index in [4.69, 9.17) is 14.0 Å². The molecule has 2 aromatic carbocycles. The summed E-state index contributed by atoms with van der Waals surface area (Å²) in [5.41, 5.74) is 2.23. The van der Waals surface area contributed by atoms with Crippen molar-refractivity contribution in [2.45, 2.75) is 39.7 Å². The molecule has 1 amide bonds. The van der Waals surface area contributed by atoms with E-state index in [9.17, 15) is 9.59 Å². The van der Waals surface area contributed by atoms with Crippen molar-refractivity contribution in [1.29, 1.82) is 0 Å². The molecule has 7 heteroatoms. The van der Waals surface area contributed by atoms with Crippen LogP contribution in [0.25, 0.3) is 0 Å². The van der Waals surface area contributed by atoms with Crippen molar-refractivity contribution in [2.75, 3.05) is 5.32 Å². The normalized spacial score (nSPS) is 11.6. The zero-order valence-corrected chi connectivity index (χ0v) is 17.2. The van der Waals surface area contributed by atoms with Gasteiger partial charge >= 0.3 is 5.97 Å². The second-order valence-corrected chi connectivity index (χ2v) is 6.86. The molecule has 0 saturated heterocycles. The maximum atomic E-state index is 12.3. The first-order valence-corrected chi connectivity index (χ1v) is 9.67. The maximum absolute atomic E-state index is 12.3. The highest BCUT2D eigenvalue weighted by Crippen LogP contribution is 2.22. The number of nitrogens with zero attached hydrogens (tertiary/aromatic N) is 1. The summed E-state index contributed by atoms with van der Waals surface area (Å²) in [5.74, 6) is 1.21. The molecule has 156 valence electrons. The Morgan fingerprint density at radius 3 is 2.33 bits per heavy atom. The molecule has 1 atom stereocenters. The molecule has 3 aromatic rings. The van der Waals surface area contributed by atoms with Gasteiger partial charge in [0.1, 0.15) is 17.3 Å². The first kappa shape index (κ1) is 21.1. The molecule has 0 saturated carbocycles. The highest BCUT2D eigenvalue weighted by molar-refractivity contribution is 5.95. The average Bonchev–Trinajstić information content (AvgIpc) is 3.06. The number of esters is 1. The van der Waals surface area contributed by atoms with Gasteiger partial charge in [-0.1, -0.05) is 23.4 Å². The summed E-state index contributed by atoms with van der Waals surface area (Å²) in [6.07, 6.45) is -0.314. The standard InChI is InChI=1S/C23H24N2O5/c1-15-21(16(2)30-25-15)13-14-22(26)28-17(3)23(27)24-18-9-11-20(12-10-18)29-19-7-5-4-6-8-19/h4-12,17H,13-14H2,1-3H3,(H,24,27)/t17-/m1/s1. The Kier molecular flexibility index (Phi) is 6.85. The van der Waals surface area contributed by atoms with E-state index in [2.05, 4.69) is 10.5 Å². The van der Waals surface area contributed by atoms with E-state index >= 15 is 0 Å². The first-order chi connectivity index (χ1) is 14.4. The Labute approximate surface area is 175 Å². The van der Waals surface area contributed by atoms with Crippen molar-refractivity contribution >= 4 is 17.6 Å². The molecule has 0 bridgehead atoms. The van der Waals surface area contributed by atoms with Crippen LogP contribution < -0.4 is 10.1 Å². The minimum atomic E-state index is -0.914. The van der Waals surface area contributed by atoms with Crippen LogP contribution in [-0.2, 0) is 20.7 Å². The SMILES string of the molecule is Cc1noc(C)c1CCC(=O)O[C@H](C)C(=O)Nc1ccc(Oc2ccccc2)cc1. The van der Waals surface area contributed by atoms with Crippen LogP contribution in [0.3, 0.4) is 0 Å². The van der Waals surface area contributed by atoms with E-state index in [1.54, 1.807) is 31.2 Å². The average molecular weight is 408 g/mol. The summed E-state index contributed by atoms with van der Waals surface area (Å²) in [6, 6.07) is 16.4. The van der Waals surface area contributed by atoms with Crippen molar-refractivity contribution in [1.82, 2.24) is 5.16 Å². The summed E-state index contributed by atoms with van der Waals surface area (Å²) >= 11 is 0. The minimum absolute atomic E-state index is 0.145. The molecule has 1 N–H and O–H groups in total. The number of hydrogen-bond acceptors (Lipinski definition) is 6. The lowest BCUT2D eigenvalue weighted by Crippen LogP contribution is -2.30. The Bertz CT molecular complexity index is 977. The lowest BCUT2D eigenvalue weighted by atomic mass is 10.1. The number of para-hydroxylation sites is 1. The molecule has 30 heavy (non-hydrogen) atoms. The van der Waals surface area contributed by atoms with Crippen molar-refractivity contribution in [3.8, 4) is 11.5 Å². The van der Waals surface area contributed by atoms with Crippen molar-refractivity contribution in [3.63, 3.8) is 0 Å². The van der Waals surface area contributed by atoms with Gasteiger partial charge in [0.2, 0.25) is 0 Å². The van der Waals surface area contributed by atoms with E-state index < -0.39 is 18.0 Å². The number of aromatic nitrogens is 1. The quantitative estimate of drug-likeness (QED) is 0.549. The molecule has 0 radical (unpaired) electrons. The third-order valence-electron chi connectivity index (χ3n) is 4.54. The smallest absolute Gasteiger partial charge is 0.306 e. The fourth-order valence-corrected chi connectivity index (χ4v) is 2.87. The largest absolute Gasteiger partial charge is 0.457 e. The van der Waals surface area contributed by atoms with Crippen LogP contribution >= 0.6 is 0 Å². The summed E-state index contributed by atoms with van der Waals surface area (Å²) in [6.45, 7) is 5.16. The van der Waals surface area contributed by atoms with Crippen molar-refractivity contribution in [2.24, 2.45) is 0 Å². The Morgan fingerprint density at radius 2 is 1.70 bits per heavy atom. The molecule has 1 heterocycles. The van der Waals surface area contributed by atoms with Gasteiger partial charge < -0.3 is 19.3 Å². The van der Waals surface area contributed by atoms with Crippen LogP contribution in [0, 0.1) is 13.8 Å². The van der Waals surface area contributed by atoms with E-state index in [-0.39, 0.29) is 6.42 Å². The predicted molar refractivity (Wildman–Crippen MR) is 111 cm³/mol. The summed E-state index contributed by atoms with van der Waals surface area (Å²) < 4.78 is 16.0. The lowest BCUT2D eigenvalue weighted by Gasteiger charge is -2.14. The number of nitrogens with one attached hydrogen (secondary N) is 1. The summed E-state index contributed by atoms with van der Waals surface area (Å²) in [4.78, 5) is 24.4. The molecule has 0 fully saturated rings. The highest BCUT2D eigenvalue weighted by atomic mass is 16.5. The third kappa shape index (κ3) is 5.70. The van der Waals surface area contributed by atoms with Crippen molar-refractivity contribution in [3.05, 3.63) is 71.6 Å². The number of anilines is 1. The molecule has 0 aliphatic rings. The predicted octanol–water partition coefficient (Wildman–Crippen LogP) is 4.59.